The fraction of sp³-hybridized carbons (Fsp3) is 0.875. The molecule has 5 heteroatoms. The molecule has 0 aromatic carbocycles. The molecular weight excluding hydrogens is 270 g/mol. The van der Waals surface area contributed by atoms with Crippen LogP contribution < -0.4 is 5.32 Å². The van der Waals surface area contributed by atoms with Gasteiger partial charge in [0.2, 0.25) is 5.91 Å². The number of carbonyl (C=O) groups excluding carboxylic acids is 2. The van der Waals surface area contributed by atoms with Crippen LogP contribution in [0.25, 0.3) is 0 Å². The monoisotopic (exact) mass is 299 g/mol. The lowest BCUT2D eigenvalue weighted by atomic mass is 9.86. The minimum absolute atomic E-state index is 0.0442. The molecule has 1 aliphatic carbocycles. The summed E-state index contributed by atoms with van der Waals surface area (Å²) in [4.78, 5) is 24.5. The van der Waals surface area contributed by atoms with Gasteiger partial charge in [-0.05, 0) is 46.0 Å². The van der Waals surface area contributed by atoms with Crippen molar-refractivity contribution >= 4 is 11.9 Å². The Hall–Kier alpha value is -1.10. The number of esters is 1. The van der Waals surface area contributed by atoms with Crippen LogP contribution in [0.3, 0.4) is 0 Å². The average Bonchev–Trinajstić information content (AvgIpc) is 2.32. The second kappa shape index (κ2) is 7.25. The van der Waals surface area contributed by atoms with Crippen LogP contribution in [0.2, 0.25) is 0 Å². The maximum atomic E-state index is 12.3. The quantitative estimate of drug-likeness (QED) is 0.779. The normalized spacial score (nSPS) is 24.5. The van der Waals surface area contributed by atoms with Crippen LogP contribution in [0, 0.1) is 11.8 Å². The van der Waals surface area contributed by atoms with E-state index >= 15 is 0 Å². The molecule has 122 valence electrons. The van der Waals surface area contributed by atoms with Crippen LogP contribution in [-0.2, 0) is 14.3 Å². The molecule has 1 rings (SSSR count). The predicted molar refractivity (Wildman–Crippen MR) is 80.6 cm³/mol. The number of amides is 1. The van der Waals surface area contributed by atoms with Gasteiger partial charge in [-0.3, -0.25) is 4.79 Å². The summed E-state index contributed by atoms with van der Waals surface area (Å²) in [5, 5.41) is 12.5. The van der Waals surface area contributed by atoms with Crippen molar-refractivity contribution in [3.8, 4) is 0 Å². The second-order valence-electron chi connectivity index (χ2n) is 7.28. The highest BCUT2D eigenvalue weighted by Gasteiger charge is 2.33. The highest BCUT2D eigenvalue weighted by atomic mass is 16.6. The first-order valence-electron chi connectivity index (χ1n) is 7.81. The van der Waals surface area contributed by atoms with E-state index in [2.05, 4.69) is 5.32 Å². The van der Waals surface area contributed by atoms with Gasteiger partial charge in [0.05, 0.1) is 6.10 Å². The van der Waals surface area contributed by atoms with Crippen LogP contribution in [-0.4, -0.2) is 34.7 Å². The Labute approximate surface area is 127 Å². The Morgan fingerprint density at radius 3 is 2.33 bits per heavy atom. The first-order chi connectivity index (χ1) is 9.60. The molecule has 5 nitrogen and oxygen atoms in total. The number of hydrogen-bond acceptors (Lipinski definition) is 4. The van der Waals surface area contributed by atoms with E-state index in [1.54, 1.807) is 0 Å². The molecule has 1 amide bonds. The second-order valence-corrected chi connectivity index (χ2v) is 7.28. The van der Waals surface area contributed by atoms with Crippen molar-refractivity contribution in [1.29, 1.82) is 0 Å². The van der Waals surface area contributed by atoms with E-state index in [0.29, 0.717) is 6.42 Å². The van der Waals surface area contributed by atoms with Crippen LogP contribution in [0.5, 0.6) is 0 Å². The van der Waals surface area contributed by atoms with E-state index in [-0.39, 0.29) is 17.7 Å². The highest BCUT2D eigenvalue weighted by molar-refractivity contribution is 5.86. The highest BCUT2D eigenvalue weighted by Crippen LogP contribution is 2.25. The van der Waals surface area contributed by atoms with E-state index in [1.165, 1.54) is 0 Å². The third kappa shape index (κ3) is 6.04. The van der Waals surface area contributed by atoms with Gasteiger partial charge in [0.15, 0.2) is 0 Å². The summed E-state index contributed by atoms with van der Waals surface area (Å²) in [6.45, 7) is 9.18. The van der Waals surface area contributed by atoms with Crippen molar-refractivity contribution in [2.45, 2.75) is 78.0 Å². The SMILES string of the molecule is CC(C)[C@@H](NC(=O)[C@H]1CCC[C@@H](O)C1)C(=O)OC(C)(C)C. The number of ether oxygens (including phenoxy) is 1. The zero-order valence-electron chi connectivity index (χ0n) is 13.8. The fourth-order valence-corrected chi connectivity index (χ4v) is 2.54. The maximum Gasteiger partial charge on any atom is 0.329 e. The number of hydrogen-bond donors (Lipinski definition) is 2. The van der Waals surface area contributed by atoms with Gasteiger partial charge in [0.25, 0.3) is 0 Å². The van der Waals surface area contributed by atoms with E-state index in [4.69, 9.17) is 4.74 Å². The summed E-state index contributed by atoms with van der Waals surface area (Å²) >= 11 is 0. The Bertz CT molecular complexity index is 373. The van der Waals surface area contributed by atoms with Crippen molar-refractivity contribution < 1.29 is 19.4 Å². The molecule has 0 aromatic rings. The molecule has 0 bridgehead atoms. The van der Waals surface area contributed by atoms with Crippen molar-refractivity contribution in [2.24, 2.45) is 11.8 Å². The standard InChI is InChI=1S/C16H29NO4/c1-10(2)13(15(20)21-16(3,4)5)17-14(19)11-7-6-8-12(18)9-11/h10-13,18H,6-9H2,1-5H3,(H,17,19)/t11-,12+,13+/m0/s1. The Morgan fingerprint density at radius 2 is 1.86 bits per heavy atom. The summed E-state index contributed by atoms with van der Waals surface area (Å²) in [6.07, 6.45) is 2.43. The minimum atomic E-state index is -0.643. The molecule has 0 radical (unpaired) electrons. The zero-order chi connectivity index (χ0) is 16.2. The maximum absolute atomic E-state index is 12.3. The number of nitrogens with one attached hydrogen (secondary N) is 1. The van der Waals surface area contributed by atoms with Crippen molar-refractivity contribution in [1.82, 2.24) is 5.32 Å². The van der Waals surface area contributed by atoms with Gasteiger partial charge < -0.3 is 15.2 Å². The van der Waals surface area contributed by atoms with Crippen molar-refractivity contribution in [3.05, 3.63) is 0 Å². The smallest absolute Gasteiger partial charge is 0.329 e. The van der Waals surface area contributed by atoms with Crippen LogP contribution in [0.4, 0.5) is 0 Å². The Morgan fingerprint density at radius 1 is 1.24 bits per heavy atom. The average molecular weight is 299 g/mol. The summed E-state index contributed by atoms with van der Waals surface area (Å²) in [5.74, 6) is -0.810. The van der Waals surface area contributed by atoms with E-state index in [9.17, 15) is 14.7 Å². The number of aliphatic hydroxyl groups is 1. The van der Waals surface area contributed by atoms with Gasteiger partial charge in [-0.2, -0.15) is 0 Å². The fourth-order valence-electron chi connectivity index (χ4n) is 2.54. The molecule has 0 saturated heterocycles. The topological polar surface area (TPSA) is 75.6 Å². The lowest BCUT2D eigenvalue weighted by Gasteiger charge is -2.29. The van der Waals surface area contributed by atoms with Gasteiger partial charge in [0.1, 0.15) is 11.6 Å². The summed E-state index contributed by atoms with van der Waals surface area (Å²) in [6, 6.07) is -0.643. The van der Waals surface area contributed by atoms with Gasteiger partial charge in [0, 0.05) is 5.92 Å². The molecule has 2 N–H and O–H groups in total. The molecule has 1 saturated carbocycles. The molecule has 3 atom stereocenters. The minimum Gasteiger partial charge on any atom is -0.458 e. The predicted octanol–water partition coefficient (Wildman–Crippen LogP) is 2.02. The largest absolute Gasteiger partial charge is 0.458 e. The van der Waals surface area contributed by atoms with Crippen molar-refractivity contribution in [3.63, 3.8) is 0 Å². The van der Waals surface area contributed by atoms with Crippen molar-refractivity contribution in [2.75, 3.05) is 0 Å². The number of carbonyl (C=O) groups is 2. The van der Waals surface area contributed by atoms with Gasteiger partial charge >= 0.3 is 5.97 Å². The van der Waals surface area contributed by atoms with E-state index < -0.39 is 23.7 Å². The van der Waals surface area contributed by atoms with Crippen LogP contribution >= 0.6 is 0 Å². The van der Waals surface area contributed by atoms with Crippen LogP contribution in [0.15, 0.2) is 0 Å². The molecule has 0 aliphatic heterocycles. The zero-order valence-corrected chi connectivity index (χ0v) is 13.8. The van der Waals surface area contributed by atoms with Crippen LogP contribution in [0.1, 0.15) is 60.3 Å². The van der Waals surface area contributed by atoms with Gasteiger partial charge in [-0.15, -0.1) is 0 Å². The summed E-state index contributed by atoms with van der Waals surface area (Å²) in [7, 11) is 0. The first kappa shape index (κ1) is 18.0. The summed E-state index contributed by atoms with van der Waals surface area (Å²) < 4.78 is 5.37. The molecule has 1 aliphatic rings. The third-order valence-corrected chi connectivity index (χ3v) is 3.64. The lowest BCUT2D eigenvalue weighted by Crippen LogP contribution is -2.49. The molecule has 0 unspecified atom stereocenters. The third-order valence-electron chi connectivity index (χ3n) is 3.64. The molecule has 1 fully saturated rings. The Balaban J connectivity index is 2.65. The van der Waals surface area contributed by atoms with E-state index in [1.807, 2.05) is 34.6 Å². The molecule has 0 aromatic heterocycles. The summed E-state index contributed by atoms with van der Waals surface area (Å²) in [5.41, 5.74) is -0.573. The lowest BCUT2D eigenvalue weighted by molar-refractivity contribution is -0.160. The molecule has 0 heterocycles. The van der Waals surface area contributed by atoms with Gasteiger partial charge in [-0.25, -0.2) is 4.79 Å². The first-order valence-corrected chi connectivity index (χ1v) is 7.81. The number of aliphatic hydroxyl groups excluding tert-OH is 1. The number of rotatable bonds is 4. The molecule has 21 heavy (non-hydrogen) atoms. The van der Waals surface area contributed by atoms with Gasteiger partial charge in [-0.1, -0.05) is 20.3 Å². The molecule has 0 spiro atoms. The Kier molecular flexibility index (Phi) is 6.20. The molecular formula is C16H29NO4. The van der Waals surface area contributed by atoms with E-state index in [0.717, 1.165) is 19.3 Å².